The molecule has 0 aliphatic heterocycles. The standard InChI is InChI=1S/C19H11ClN4O4S/c20-15-10-12(21-18(25)16-2-1-9-29-16)5-8-14(15)17-22-19(28-23-17)11-3-6-13(7-4-11)24(26)27/h1-10H,(H,21,25). The molecule has 1 amide bonds. The minimum atomic E-state index is -0.485. The van der Waals surface area contributed by atoms with Crippen molar-refractivity contribution in [3.8, 4) is 22.8 Å². The monoisotopic (exact) mass is 426 g/mol. The third-order valence-electron chi connectivity index (χ3n) is 3.96. The number of rotatable bonds is 5. The smallest absolute Gasteiger partial charge is 0.269 e. The van der Waals surface area contributed by atoms with Crippen LogP contribution in [0.2, 0.25) is 5.02 Å². The molecule has 0 radical (unpaired) electrons. The first-order valence-electron chi connectivity index (χ1n) is 8.24. The highest BCUT2D eigenvalue weighted by Crippen LogP contribution is 2.31. The first kappa shape index (κ1) is 18.8. The van der Waals surface area contributed by atoms with Gasteiger partial charge in [-0.25, -0.2) is 0 Å². The van der Waals surface area contributed by atoms with Crippen LogP contribution in [0.4, 0.5) is 11.4 Å². The average molecular weight is 427 g/mol. The van der Waals surface area contributed by atoms with E-state index in [0.717, 1.165) is 0 Å². The van der Waals surface area contributed by atoms with Crippen molar-refractivity contribution in [1.29, 1.82) is 0 Å². The number of carbonyl (C=O) groups is 1. The van der Waals surface area contributed by atoms with Crippen LogP contribution in [0.15, 0.2) is 64.5 Å². The topological polar surface area (TPSA) is 111 Å². The van der Waals surface area contributed by atoms with Crippen molar-refractivity contribution in [1.82, 2.24) is 10.1 Å². The van der Waals surface area contributed by atoms with Gasteiger partial charge in [0, 0.05) is 28.9 Å². The number of nitrogens with one attached hydrogen (secondary N) is 1. The highest BCUT2D eigenvalue weighted by atomic mass is 35.5. The lowest BCUT2D eigenvalue weighted by Gasteiger charge is -2.06. The molecule has 0 fully saturated rings. The quantitative estimate of drug-likeness (QED) is 0.343. The molecule has 2 heterocycles. The average Bonchev–Trinajstić information content (AvgIpc) is 3.40. The second-order valence-electron chi connectivity index (χ2n) is 5.85. The second kappa shape index (κ2) is 7.82. The van der Waals surface area contributed by atoms with E-state index in [1.165, 1.54) is 35.6 Å². The fourth-order valence-electron chi connectivity index (χ4n) is 2.55. The second-order valence-corrected chi connectivity index (χ2v) is 7.21. The molecule has 0 bridgehead atoms. The molecule has 0 spiro atoms. The van der Waals surface area contributed by atoms with Crippen molar-refractivity contribution in [3.05, 3.63) is 80.0 Å². The van der Waals surface area contributed by atoms with Gasteiger partial charge in [-0.15, -0.1) is 11.3 Å². The van der Waals surface area contributed by atoms with Crippen LogP contribution >= 0.6 is 22.9 Å². The molecule has 2 aromatic carbocycles. The van der Waals surface area contributed by atoms with Gasteiger partial charge >= 0.3 is 0 Å². The summed E-state index contributed by atoms with van der Waals surface area (Å²) in [4.78, 5) is 27.3. The van der Waals surface area contributed by atoms with Gasteiger partial charge in [0.15, 0.2) is 0 Å². The van der Waals surface area contributed by atoms with Crippen LogP contribution in [0, 0.1) is 10.1 Å². The molecule has 0 saturated carbocycles. The SMILES string of the molecule is O=C(Nc1ccc(-c2noc(-c3ccc([N+](=O)[O-])cc3)n2)c(Cl)c1)c1cccs1. The van der Waals surface area contributed by atoms with Crippen molar-refractivity contribution < 1.29 is 14.2 Å². The molecule has 8 nitrogen and oxygen atoms in total. The van der Waals surface area contributed by atoms with E-state index in [9.17, 15) is 14.9 Å². The fourth-order valence-corrected chi connectivity index (χ4v) is 3.43. The zero-order chi connectivity index (χ0) is 20.4. The molecule has 0 aliphatic rings. The summed E-state index contributed by atoms with van der Waals surface area (Å²) in [5.41, 5.74) is 1.58. The van der Waals surface area contributed by atoms with Crippen molar-refractivity contribution in [2.24, 2.45) is 0 Å². The Hall–Kier alpha value is -3.56. The van der Waals surface area contributed by atoms with Crippen LogP contribution in [-0.2, 0) is 0 Å². The van der Waals surface area contributed by atoms with Crippen LogP contribution in [0.1, 0.15) is 9.67 Å². The van der Waals surface area contributed by atoms with Gasteiger partial charge in [0.2, 0.25) is 5.82 Å². The van der Waals surface area contributed by atoms with E-state index in [2.05, 4.69) is 15.5 Å². The Morgan fingerprint density at radius 2 is 1.97 bits per heavy atom. The number of carbonyl (C=O) groups excluding carboxylic acids is 1. The van der Waals surface area contributed by atoms with E-state index in [4.69, 9.17) is 16.1 Å². The Bertz CT molecular complexity index is 1190. The van der Waals surface area contributed by atoms with Crippen LogP contribution < -0.4 is 5.32 Å². The lowest BCUT2D eigenvalue weighted by molar-refractivity contribution is -0.384. The molecular weight excluding hydrogens is 416 g/mol. The molecule has 1 N–H and O–H groups in total. The minimum absolute atomic E-state index is 0.0308. The van der Waals surface area contributed by atoms with E-state index < -0.39 is 4.92 Å². The van der Waals surface area contributed by atoms with Crippen LogP contribution in [0.25, 0.3) is 22.8 Å². The molecule has 0 atom stereocenters. The highest BCUT2D eigenvalue weighted by Gasteiger charge is 2.15. The summed E-state index contributed by atoms with van der Waals surface area (Å²) in [6.45, 7) is 0. The molecule has 144 valence electrons. The zero-order valence-corrected chi connectivity index (χ0v) is 16.1. The molecule has 4 rings (SSSR count). The molecule has 0 unspecified atom stereocenters. The van der Waals surface area contributed by atoms with E-state index in [0.29, 0.717) is 26.7 Å². The van der Waals surface area contributed by atoms with E-state index in [1.54, 1.807) is 30.3 Å². The van der Waals surface area contributed by atoms with Crippen LogP contribution in [-0.4, -0.2) is 21.0 Å². The summed E-state index contributed by atoms with van der Waals surface area (Å²) in [5.74, 6) is 0.254. The number of nitrogens with zero attached hydrogens (tertiary/aromatic N) is 3. The summed E-state index contributed by atoms with van der Waals surface area (Å²) in [5, 5.41) is 19.6. The molecule has 0 aliphatic carbocycles. The number of non-ortho nitro benzene ring substituents is 1. The predicted molar refractivity (Wildman–Crippen MR) is 109 cm³/mol. The maximum absolute atomic E-state index is 12.1. The largest absolute Gasteiger partial charge is 0.334 e. The number of benzene rings is 2. The third-order valence-corrected chi connectivity index (χ3v) is 5.15. The van der Waals surface area contributed by atoms with Gasteiger partial charge in [0.25, 0.3) is 17.5 Å². The predicted octanol–water partition coefficient (Wildman–Crippen LogP) is 5.28. The lowest BCUT2D eigenvalue weighted by Crippen LogP contribution is -2.09. The first-order valence-corrected chi connectivity index (χ1v) is 9.50. The number of hydrogen-bond acceptors (Lipinski definition) is 7. The summed E-state index contributed by atoms with van der Waals surface area (Å²) in [6.07, 6.45) is 0. The number of nitro benzene ring substituents is 1. The van der Waals surface area contributed by atoms with Crippen molar-refractivity contribution in [2.45, 2.75) is 0 Å². The van der Waals surface area contributed by atoms with Gasteiger partial charge in [-0.3, -0.25) is 14.9 Å². The summed E-state index contributed by atoms with van der Waals surface area (Å²) >= 11 is 7.68. The molecule has 0 saturated heterocycles. The van der Waals surface area contributed by atoms with Crippen molar-refractivity contribution >= 4 is 40.2 Å². The minimum Gasteiger partial charge on any atom is -0.334 e. The van der Waals surface area contributed by atoms with Gasteiger partial charge in [0.05, 0.1) is 14.8 Å². The number of halogens is 1. The summed E-state index contributed by atoms with van der Waals surface area (Å²) in [7, 11) is 0. The van der Waals surface area contributed by atoms with Crippen LogP contribution in [0.3, 0.4) is 0 Å². The summed E-state index contributed by atoms with van der Waals surface area (Å²) < 4.78 is 5.25. The maximum Gasteiger partial charge on any atom is 0.269 e. The van der Waals surface area contributed by atoms with Gasteiger partial charge < -0.3 is 9.84 Å². The van der Waals surface area contributed by atoms with Crippen molar-refractivity contribution in [3.63, 3.8) is 0 Å². The number of aromatic nitrogens is 2. The van der Waals surface area contributed by atoms with E-state index in [1.807, 2.05) is 5.38 Å². The van der Waals surface area contributed by atoms with Gasteiger partial charge in [-0.2, -0.15) is 4.98 Å². The maximum atomic E-state index is 12.1. The van der Waals surface area contributed by atoms with Gasteiger partial charge in [-0.05, 0) is 41.8 Å². The lowest BCUT2D eigenvalue weighted by atomic mass is 10.2. The van der Waals surface area contributed by atoms with Crippen molar-refractivity contribution in [2.75, 3.05) is 5.32 Å². The molecule has 4 aromatic rings. The normalized spacial score (nSPS) is 10.7. The number of thiophene rings is 1. The number of hydrogen-bond donors (Lipinski definition) is 1. The highest BCUT2D eigenvalue weighted by molar-refractivity contribution is 7.12. The number of anilines is 1. The zero-order valence-electron chi connectivity index (χ0n) is 14.5. The Kier molecular flexibility index (Phi) is 5.07. The Labute approximate surface area is 172 Å². The molecular formula is C19H11ClN4O4S. The van der Waals surface area contributed by atoms with E-state index >= 15 is 0 Å². The van der Waals surface area contributed by atoms with Gasteiger partial charge in [0.1, 0.15) is 0 Å². The fraction of sp³-hybridized carbons (Fsp3) is 0. The molecule has 29 heavy (non-hydrogen) atoms. The number of amides is 1. The molecule has 10 heteroatoms. The first-order chi connectivity index (χ1) is 14.0. The molecule has 2 aromatic heterocycles. The Balaban J connectivity index is 1.54. The van der Waals surface area contributed by atoms with Gasteiger partial charge in [-0.1, -0.05) is 22.8 Å². The number of nitro groups is 1. The third kappa shape index (κ3) is 4.00. The van der Waals surface area contributed by atoms with E-state index in [-0.39, 0.29) is 23.3 Å². The summed E-state index contributed by atoms with van der Waals surface area (Å²) in [6, 6.07) is 14.3. The van der Waals surface area contributed by atoms with Crippen LogP contribution in [0.5, 0.6) is 0 Å². The Morgan fingerprint density at radius 3 is 2.62 bits per heavy atom. The Morgan fingerprint density at radius 1 is 1.17 bits per heavy atom.